The fraction of sp³-hybridized carbons (Fsp3) is 0.286. The van der Waals surface area contributed by atoms with Gasteiger partial charge in [0, 0.05) is 19.5 Å². The molecule has 0 spiro atoms. The Bertz CT molecular complexity index is 544. The van der Waals surface area contributed by atoms with Gasteiger partial charge in [0.25, 0.3) is 0 Å². The average molecular weight is 227 g/mol. The SMILES string of the molecule is CCC=Cc1nc(N(C)C)c2ccccc2n1. The van der Waals surface area contributed by atoms with Gasteiger partial charge in [-0.15, -0.1) is 0 Å². The minimum atomic E-state index is 0.772. The number of rotatable bonds is 3. The van der Waals surface area contributed by atoms with E-state index in [0.29, 0.717) is 0 Å². The molecule has 0 fully saturated rings. The number of benzene rings is 1. The van der Waals surface area contributed by atoms with Gasteiger partial charge in [-0.1, -0.05) is 25.1 Å². The van der Waals surface area contributed by atoms with Crippen molar-refractivity contribution < 1.29 is 0 Å². The number of hydrogen-bond donors (Lipinski definition) is 0. The maximum atomic E-state index is 4.57. The van der Waals surface area contributed by atoms with Crippen LogP contribution in [-0.4, -0.2) is 24.1 Å². The van der Waals surface area contributed by atoms with E-state index in [-0.39, 0.29) is 0 Å². The predicted molar refractivity (Wildman–Crippen MR) is 73.2 cm³/mol. The van der Waals surface area contributed by atoms with E-state index in [1.807, 2.05) is 43.3 Å². The van der Waals surface area contributed by atoms with Crippen molar-refractivity contribution in [1.82, 2.24) is 9.97 Å². The summed E-state index contributed by atoms with van der Waals surface area (Å²) in [5.74, 6) is 1.74. The van der Waals surface area contributed by atoms with Crippen LogP contribution in [0, 0.1) is 0 Å². The summed E-state index contributed by atoms with van der Waals surface area (Å²) in [4.78, 5) is 11.1. The van der Waals surface area contributed by atoms with Gasteiger partial charge < -0.3 is 4.90 Å². The lowest BCUT2D eigenvalue weighted by molar-refractivity contribution is 1.05. The molecule has 0 atom stereocenters. The Morgan fingerprint density at radius 1 is 1.18 bits per heavy atom. The summed E-state index contributed by atoms with van der Waals surface area (Å²) in [6, 6.07) is 8.09. The Hall–Kier alpha value is -1.90. The van der Waals surface area contributed by atoms with Crippen LogP contribution in [0.2, 0.25) is 0 Å². The van der Waals surface area contributed by atoms with Gasteiger partial charge in [-0.25, -0.2) is 9.97 Å². The molecular weight excluding hydrogens is 210 g/mol. The molecule has 0 saturated heterocycles. The fourth-order valence-electron chi connectivity index (χ4n) is 1.72. The van der Waals surface area contributed by atoms with E-state index in [9.17, 15) is 0 Å². The average Bonchev–Trinajstić information content (AvgIpc) is 2.35. The highest BCUT2D eigenvalue weighted by atomic mass is 15.1. The van der Waals surface area contributed by atoms with Gasteiger partial charge in [-0.3, -0.25) is 0 Å². The van der Waals surface area contributed by atoms with E-state index in [0.717, 1.165) is 29.0 Å². The largest absolute Gasteiger partial charge is 0.362 e. The van der Waals surface area contributed by atoms with Gasteiger partial charge in [-0.2, -0.15) is 0 Å². The molecule has 3 nitrogen and oxygen atoms in total. The predicted octanol–water partition coefficient (Wildman–Crippen LogP) is 3.12. The highest BCUT2D eigenvalue weighted by Crippen LogP contribution is 2.22. The van der Waals surface area contributed by atoms with Crippen molar-refractivity contribution in [3.8, 4) is 0 Å². The smallest absolute Gasteiger partial charge is 0.154 e. The van der Waals surface area contributed by atoms with Crippen molar-refractivity contribution >= 4 is 22.8 Å². The number of fused-ring (bicyclic) bond motifs is 1. The molecule has 88 valence electrons. The molecule has 3 heteroatoms. The Kier molecular flexibility index (Phi) is 3.38. The minimum Gasteiger partial charge on any atom is -0.362 e. The third kappa shape index (κ3) is 2.44. The van der Waals surface area contributed by atoms with E-state index in [4.69, 9.17) is 0 Å². The van der Waals surface area contributed by atoms with Crippen LogP contribution in [0.4, 0.5) is 5.82 Å². The molecule has 2 rings (SSSR count). The van der Waals surface area contributed by atoms with E-state index < -0.39 is 0 Å². The summed E-state index contributed by atoms with van der Waals surface area (Å²) >= 11 is 0. The lowest BCUT2D eigenvalue weighted by atomic mass is 10.2. The highest BCUT2D eigenvalue weighted by Gasteiger charge is 2.06. The number of aromatic nitrogens is 2. The van der Waals surface area contributed by atoms with E-state index in [2.05, 4.69) is 29.0 Å². The Morgan fingerprint density at radius 3 is 2.65 bits per heavy atom. The Morgan fingerprint density at radius 2 is 1.94 bits per heavy atom. The lowest BCUT2D eigenvalue weighted by Crippen LogP contribution is -2.12. The molecule has 0 aliphatic rings. The van der Waals surface area contributed by atoms with Crippen molar-refractivity contribution in [2.45, 2.75) is 13.3 Å². The third-order valence-corrected chi connectivity index (χ3v) is 2.53. The Balaban J connectivity index is 2.62. The summed E-state index contributed by atoms with van der Waals surface area (Å²) in [5.41, 5.74) is 0.988. The van der Waals surface area contributed by atoms with Gasteiger partial charge in [-0.05, 0) is 24.6 Å². The van der Waals surface area contributed by atoms with Crippen LogP contribution in [0.25, 0.3) is 17.0 Å². The molecule has 0 aliphatic carbocycles. The van der Waals surface area contributed by atoms with Gasteiger partial charge in [0.05, 0.1) is 5.52 Å². The van der Waals surface area contributed by atoms with Crippen LogP contribution in [-0.2, 0) is 0 Å². The van der Waals surface area contributed by atoms with Crippen molar-refractivity contribution in [3.63, 3.8) is 0 Å². The molecule has 2 aromatic rings. The first-order valence-electron chi connectivity index (χ1n) is 5.83. The lowest BCUT2D eigenvalue weighted by Gasteiger charge is -2.14. The first-order chi connectivity index (χ1) is 8.22. The van der Waals surface area contributed by atoms with E-state index in [1.54, 1.807) is 0 Å². The number of para-hydroxylation sites is 1. The second-order valence-corrected chi connectivity index (χ2v) is 4.13. The molecule has 1 aromatic carbocycles. The molecule has 0 saturated carbocycles. The van der Waals surface area contributed by atoms with Crippen molar-refractivity contribution in [2.24, 2.45) is 0 Å². The summed E-state index contributed by atoms with van der Waals surface area (Å²) in [7, 11) is 4.00. The summed E-state index contributed by atoms with van der Waals surface area (Å²) in [5, 5.41) is 1.09. The topological polar surface area (TPSA) is 29.0 Å². The van der Waals surface area contributed by atoms with Crippen molar-refractivity contribution in [3.05, 3.63) is 36.2 Å². The molecule has 0 radical (unpaired) electrons. The van der Waals surface area contributed by atoms with Gasteiger partial charge in [0.1, 0.15) is 5.82 Å². The monoisotopic (exact) mass is 227 g/mol. The zero-order chi connectivity index (χ0) is 12.3. The van der Waals surface area contributed by atoms with Gasteiger partial charge >= 0.3 is 0 Å². The van der Waals surface area contributed by atoms with E-state index >= 15 is 0 Å². The standard InChI is InChI=1S/C14H17N3/c1-4-5-10-13-15-12-9-7-6-8-11(12)14(16-13)17(2)3/h5-10H,4H2,1-3H3. The fourth-order valence-corrected chi connectivity index (χ4v) is 1.72. The maximum absolute atomic E-state index is 4.57. The first kappa shape index (κ1) is 11.6. The molecule has 0 amide bonds. The second-order valence-electron chi connectivity index (χ2n) is 4.13. The van der Waals surface area contributed by atoms with Crippen LogP contribution >= 0.6 is 0 Å². The molecular formula is C14H17N3. The zero-order valence-corrected chi connectivity index (χ0v) is 10.5. The van der Waals surface area contributed by atoms with Crippen LogP contribution in [0.3, 0.4) is 0 Å². The highest BCUT2D eigenvalue weighted by molar-refractivity contribution is 5.89. The number of anilines is 1. The number of hydrogen-bond acceptors (Lipinski definition) is 3. The number of allylic oxidation sites excluding steroid dienone is 1. The van der Waals surface area contributed by atoms with Crippen LogP contribution in [0.1, 0.15) is 19.2 Å². The molecule has 0 aliphatic heterocycles. The quantitative estimate of drug-likeness (QED) is 0.806. The number of nitrogens with zero attached hydrogens (tertiary/aromatic N) is 3. The van der Waals surface area contributed by atoms with E-state index in [1.165, 1.54) is 0 Å². The molecule has 1 heterocycles. The van der Waals surface area contributed by atoms with Crippen LogP contribution in [0.5, 0.6) is 0 Å². The Labute approximate surface area is 102 Å². The maximum Gasteiger partial charge on any atom is 0.154 e. The molecule has 0 unspecified atom stereocenters. The molecule has 1 aromatic heterocycles. The summed E-state index contributed by atoms with van der Waals surface area (Å²) in [6.07, 6.45) is 5.04. The molecule has 0 N–H and O–H groups in total. The minimum absolute atomic E-state index is 0.772. The van der Waals surface area contributed by atoms with Gasteiger partial charge in [0.2, 0.25) is 0 Å². The van der Waals surface area contributed by atoms with Crippen molar-refractivity contribution in [2.75, 3.05) is 19.0 Å². The van der Waals surface area contributed by atoms with Gasteiger partial charge in [0.15, 0.2) is 5.82 Å². The summed E-state index contributed by atoms with van der Waals surface area (Å²) in [6.45, 7) is 2.10. The second kappa shape index (κ2) is 4.95. The van der Waals surface area contributed by atoms with Crippen molar-refractivity contribution in [1.29, 1.82) is 0 Å². The van der Waals surface area contributed by atoms with Crippen LogP contribution < -0.4 is 4.90 Å². The molecule has 17 heavy (non-hydrogen) atoms. The third-order valence-electron chi connectivity index (χ3n) is 2.53. The first-order valence-corrected chi connectivity index (χ1v) is 5.83. The van der Waals surface area contributed by atoms with Crippen LogP contribution in [0.15, 0.2) is 30.3 Å². The molecule has 0 bridgehead atoms. The summed E-state index contributed by atoms with van der Waals surface area (Å²) < 4.78 is 0. The zero-order valence-electron chi connectivity index (χ0n) is 10.5. The normalized spacial score (nSPS) is 11.2.